The molecule has 0 aliphatic heterocycles. The van der Waals surface area contributed by atoms with Crippen molar-refractivity contribution in [1.82, 2.24) is 25.1 Å². The Hall–Kier alpha value is -2.58. The van der Waals surface area contributed by atoms with Crippen molar-refractivity contribution in [2.45, 2.75) is 6.10 Å². The molecule has 3 aromatic rings. The van der Waals surface area contributed by atoms with Gasteiger partial charge in [-0.05, 0) is 34.5 Å². The van der Waals surface area contributed by atoms with Gasteiger partial charge in [0.05, 0.1) is 6.10 Å². The molecule has 0 aromatic carbocycles. The first kappa shape index (κ1) is 14.4. The first-order valence-electron chi connectivity index (χ1n) is 6.53. The van der Waals surface area contributed by atoms with Gasteiger partial charge in [0, 0.05) is 18.3 Å². The molecule has 3 rings (SSSR count). The lowest BCUT2D eigenvalue weighted by atomic mass is 10.2. The summed E-state index contributed by atoms with van der Waals surface area (Å²) in [5.74, 6) is 0.224. The number of nitrogens with zero attached hydrogens (tertiary/aromatic N) is 4. The topological polar surface area (TPSA) is 92.9 Å². The predicted molar refractivity (Wildman–Crippen MR) is 80.8 cm³/mol. The molecule has 1 amide bonds. The maximum atomic E-state index is 12.1. The molecule has 1 atom stereocenters. The van der Waals surface area contributed by atoms with E-state index in [1.807, 2.05) is 16.8 Å². The van der Waals surface area contributed by atoms with Crippen LogP contribution in [0.5, 0.6) is 0 Å². The van der Waals surface area contributed by atoms with E-state index in [4.69, 9.17) is 0 Å². The molecule has 0 aliphatic rings. The molecule has 22 heavy (non-hydrogen) atoms. The molecule has 8 heteroatoms. The largest absolute Gasteiger partial charge is 0.387 e. The second-order valence-corrected chi connectivity index (χ2v) is 5.31. The first-order chi connectivity index (χ1) is 10.7. The highest BCUT2D eigenvalue weighted by atomic mass is 32.1. The molecule has 3 heterocycles. The molecule has 0 fully saturated rings. The Kier molecular flexibility index (Phi) is 4.22. The standard InChI is InChI=1S/C14H13N5O2S/c20-12(11-2-4-22-7-11)6-17-14(21)10-1-3-16-13(5-10)19-9-15-8-18-19/h1-5,7-9,12,20H,6H2,(H,17,21). The van der Waals surface area contributed by atoms with Gasteiger partial charge in [0.25, 0.3) is 5.91 Å². The summed E-state index contributed by atoms with van der Waals surface area (Å²) in [6.45, 7) is 0.149. The van der Waals surface area contributed by atoms with Crippen LogP contribution in [-0.4, -0.2) is 37.3 Å². The molecule has 0 saturated heterocycles. The molecular weight excluding hydrogens is 302 g/mol. The number of aromatic nitrogens is 4. The fraction of sp³-hybridized carbons (Fsp3) is 0.143. The van der Waals surface area contributed by atoms with E-state index >= 15 is 0 Å². The minimum atomic E-state index is -0.716. The lowest BCUT2D eigenvalue weighted by Gasteiger charge is -2.11. The summed E-state index contributed by atoms with van der Waals surface area (Å²) in [7, 11) is 0. The van der Waals surface area contributed by atoms with Crippen LogP contribution in [-0.2, 0) is 0 Å². The van der Waals surface area contributed by atoms with E-state index in [2.05, 4.69) is 20.4 Å². The highest BCUT2D eigenvalue weighted by Crippen LogP contribution is 2.15. The van der Waals surface area contributed by atoms with Crippen LogP contribution in [0.3, 0.4) is 0 Å². The van der Waals surface area contributed by atoms with Crippen LogP contribution in [0.2, 0.25) is 0 Å². The van der Waals surface area contributed by atoms with Gasteiger partial charge in [0.15, 0.2) is 5.82 Å². The molecule has 0 bridgehead atoms. The fourth-order valence-electron chi connectivity index (χ4n) is 1.89. The number of amides is 1. The van der Waals surface area contributed by atoms with Crippen molar-refractivity contribution in [2.75, 3.05) is 6.54 Å². The lowest BCUT2D eigenvalue weighted by Crippen LogP contribution is -2.28. The van der Waals surface area contributed by atoms with Gasteiger partial charge in [-0.1, -0.05) is 0 Å². The molecule has 7 nitrogen and oxygen atoms in total. The van der Waals surface area contributed by atoms with E-state index in [1.165, 1.54) is 34.9 Å². The van der Waals surface area contributed by atoms with Crippen molar-refractivity contribution in [1.29, 1.82) is 0 Å². The van der Waals surface area contributed by atoms with Crippen LogP contribution in [0.4, 0.5) is 0 Å². The van der Waals surface area contributed by atoms with E-state index in [-0.39, 0.29) is 12.5 Å². The number of pyridine rings is 1. The van der Waals surface area contributed by atoms with Crippen molar-refractivity contribution < 1.29 is 9.90 Å². The highest BCUT2D eigenvalue weighted by molar-refractivity contribution is 7.07. The summed E-state index contributed by atoms with van der Waals surface area (Å²) in [6, 6.07) is 5.05. The van der Waals surface area contributed by atoms with Crippen molar-refractivity contribution in [3.8, 4) is 5.82 Å². The zero-order valence-corrected chi connectivity index (χ0v) is 12.3. The Morgan fingerprint density at radius 3 is 3.09 bits per heavy atom. The molecule has 0 spiro atoms. The number of carbonyl (C=O) groups excluding carboxylic acids is 1. The molecule has 0 radical (unpaired) electrons. The number of rotatable bonds is 5. The normalized spacial score (nSPS) is 12.0. The van der Waals surface area contributed by atoms with Gasteiger partial charge in [-0.15, -0.1) is 0 Å². The third kappa shape index (κ3) is 3.18. The Morgan fingerprint density at radius 2 is 2.36 bits per heavy atom. The van der Waals surface area contributed by atoms with E-state index in [9.17, 15) is 9.90 Å². The Bertz CT molecular complexity index is 742. The Balaban J connectivity index is 1.66. The van der Waals surface area contributed by atoms with Gasteiger partial charge in [0.2, 0.25) is 0 Å². The Morgan fingerprint density at radius 1 is 1.45 bits per heavy atom. The number of aliphatic hydroxyl groups excluding tert-OH is 1. The van der Waals surface area contributed by atoms with Gasteiger partial charge in [-0.25, -0.2) is 14.6 Å². The van der Waals surface area contributed by atoms with Crippen LogP contribution >= 0.6 is 11.3 Å². The van der Waals surface area contributed by atoms with Crippen molar-refractivity contribution in [3.05, 3.63) is 58.9 Å². The average Bonchev–Trinajstić information content (AvgIpc) is 3.25. The summed E-state index contributed by atoms with van der Waals surface area (Å²) in [4.78, 5) is 20.1. The number of hydrogen-bond acceptors (Lipinski definition) is 6. The van der Waals surface area contributed by atoms with E-state index in [0.717, 1.165) is 5.56 Å². The number of carbonyl (C=O) groups is 1. The summed E-state index contributed by atoms with van der Waals surface area (Å²) in [5, 5.41) is 20.4. The summed E-state index contributed by atoms with van der Waals surface area (Å²) < 4.78 is 1.47. The average molecular weight is 315 g/mol. The number of thiophene rings is 1. The summed E-state index contributed by atoms with van der Waals surface area (Å²) in [6.07, 6.45) is 3.71. The van der Waals surface area contributed by atoms with Gasteiger partial charge >= 0.3 is 0 Å². The van der Waals surface area contributed by atoms with Gasteiger partial charge < -0.3 is 10.4 Å². The molecule has 0 aliphatic carbocycles. The third-order valence-electron chi connectivity index (χ3n) is 3.05. The molecule has 2 N–H and O–H groups in total. The van der Waals surface area contributed by atoms with Gasteiger partial charge in [-0.3, -0.25) is 4.79 Å². The van der Waals surface area contributed by atoms with Gasteiger partial charge in [0.1, 0.15) is 12.7 Å². The second-order valence-electron chi connectivity index (χ2n) is 4.53. The minimum Gasteiger partial charge on any atom is -0.387 e. The smallest absolute Gasteiger partial charge is 0.251 e. The number of hydrogen-bond donors (Lipinski definition) is 2. The maximum Gasteiger partial charge on any atom is 0.251 e. The predicted octanol–water partition coefficient (Wildman–Crippen LogP) is 1.19. The second kappa shape index (κ2) is 6.46. The number of aliphatic hydroxyl groups is 1. The van der Waals surface area contributed by atoms with Crippen molar-refractivity contribution in [2.24, 2.45) is 0 Å². The third-order valence-corrected chi connectivity index (χ3v) is 3.75. The van der Waals surface area contributed by atoms with Crippen LogP contribution < -0.4 is 5.32 Å². The van der Waals surface area contributed by atoms with Gasteiger partial charge in [-0.2, -0.15) is 16.4 Å². The summed E-state index contributed by atoms with van der Waals surface area (Å²) in [5.41, 5.74) is 1.24. The molecule has 3 aromatic heterocycles. The minimum absolute atomic E-state index is 0.149. The molecular formula is C14H13N5O2S. The summed E-state index contributed by atoms with van der Waals surface area (Å²) >= 11 is 1.50. The fourth-order valence-corrected chi connectivity index (χ4v) is 2.59. The van der Waals surface area contributed by atoms with Crippen molar-refractivity contribution in [3.63, 3.8) is 0 Å². The SMILES string of the molecule is O=C(NCC(O)c1ccsc1)c1ccnc(-n2cncn2)c1. The Labute approximate surface area is 130 Å². The van der Waals surface area contributed by atoms with E-state index < -0.39 is 6.10 Å². The molecule has 1 unspecified atom stereocenters. The van der Waals surface area contributed by atoms with Crippen LogP contribution in [0.1, 0.15) is 22.0 Å². The molecule has 0 saturated carbocycles. The quantitative estimate of drug-likeness (QED) is 0.737. The zero-order chi connectivity index (χ0) is 15.4. The van der Waals surface area contributed by atoms with Crippen LogP contribution in [0, 0.1) is 0 Å². The number of nitrogens with one attached hydrogen (secondary N) is 1. The van der Waals surface area contributed by atoms with Crippen molar-refractivity contribution >= 4 is 17.2 Å². The van der Waals surface area contributed by atoms with Crippen LogP contribution in [0.25, 0.3) is 5.82 Å². The first-order valence-corrected chi connectivity index (χ1v) is 7.48. The van der Waals surface area contributed by atoms with E-state index in [1.54, 1.807) is 12.1 Å². The maximum absolute atomic E-state index is 12.1. The van der Waals surface area contributed by atoms with Crippen LogP contribution in [0.15, 0.2) is 47.8 Å². The lowest BCUT2D eigenvalue weighted by molar-refractivity contribution is 0.0916. The molecule has 112 valence electrons. The monoisotopic (exact) mass is 315 g/mol. The highest BCUT2D eigenvalue weighted by Gasteiger charge is 2.12. The zero-order valence-electron chi connectivity index (χ0n) is 11.5. The van der Waals surface area contributed by atoms with E-state index in [0.29, 0.717) is 11.4 Å².